The van der Waals surface area contributed by atoms with Crippen LogP contribution in [0.3, 0.4) is 0 Å². The number of rotatable bonds is 8. The number of thioether (sulfide) groups is 1. The fraction of sp³-hybridized carbons (Fsp3) is 0.176. The van der Waals surface area contributed by atoms with Gasteiger partial charge in [0.25, 0.3) is 0 Å². The van der Waals surface area contributed by atoms with E-state index in [0.29, 0.717) is 22.3 Å². The number of ether oxygens (including phenoxy) is 1. The number of hydrogen-bond donors (Lipinski definition) is 1. The molecular weight excluding hydrogens is 404 g/mol. The maximum absolute atomic E-state index is 12.3. The van der Waals surface area contributed by atoms with Gasteiger partial charge in [0.15, 0.2) is 11.0 Å². The van der Waals surface area contributed by atoms with Gasteiger partial charge in [-0.05, 0) is 22.9 Å². The van der Waals surface area contributed by atoms with Gasteiger partial charge in [0.2, 0.25) is 5.91 Å². The topological polar surface area (TPSA) is 86.1 Å². The molecule has 0 aromatic carbocycles. The number of carbonyl (C=O) groups excluding carboxylic acids is 2. The number of esters is 1. The van der Waals surface area contributed by atoms with Crippen molar-refractivity contribution in [2.24, 2.45) is 0 Å². The molecular formula is C17H16N4O3S3. The first-order valence-electron chi connectivity index (χ1n) is 7.80. The molecule has 7 nitrogen and oxygen atoms in total. The average molecular weight is 421 g/mol. The van der Waals surface area contributed by atoms with Crippen molar-refractivity contribution in [2.75, 3.05) is 18.2 Å². The first-order valence-corrected chi connectivity index (χ1v) is 10.5. The summed E-state index contributed by atoms with van der Waals surface area (Å²) in [6.45, 7) is 4.32. The minimum atomic E-state index is -0.473. The zero-order valence-corrected chi connectivity index (χ0v) is 16.8. The zero-order valence-electron chi connectivity index (χ0n) is 14.4. The SMILES string of the molecule is C=CCn1c(SCC(=O)Nc2ccsc2C(=O)OC)nnc1-c1cccs1. The van der Waals surface area contributed by atoms with Crippen molar-refractivity contribution in [3.63, 3.8) is 0 Å². The Balaban J connectivity index is 1.68. The van der Waals surface area contributed by atoms with Crippen molar-refractivity contribution in [1.29, 1.82) is 0 Å². The lowest BCUT2D eigenvalue weighted by Crippen LogP contribution is -2.16. The van der Waals surface area contributed by atoms with E-state index in [1.54, 1.807) is 28.9 Å². The van der Waals surface area contributed by atoms with E-state index in [9.17, 15) is 9.59 Å². The quantitative estimate of drug-likeness (QED) is 0.339. The van der Waals surface area contributed by atoms with E-state index >= 15 is 0 Å². The molecule has 10 heteroatoms. The number of thiophene rings is 2. The third-order valence-corrected chi connectivity index (χ3v) is 6.14. The van der Waals surface area contributed by atoms with Crippen LogP contribution in [0.15, 0.2) is 46.8 Å². The molecule has 3 rings (SSSR count). The molecule has 0 unspecified atom stereocenters. The molecule has 3 aromatic rings. The summed E-state index contributed by atoms with van der Waals surface area (Å²) in [7, 11) is 1.31. The normalized spacial score (nSPS) is 10.6. The summed E-state index contributed by atoms with van der Waals surface area (Å²) in [6, 6.07) is 5.60. The van der Waals surface area contributed by atoms with Crippen molar-refractivity contribution < 1.29 is 14.3 Å². The van der Waals surface area contributed by atoms with Crippen LogP contribution in [-0.4, -0.2) is 39.5 Å². The lowest BCUT2D eigenvalue weighted by atomic mass is 10.4. The highest BCUT2D eigenvalue weighted by Gasteiger charge is 2.18. The smallest absolute Gasteiger partial charge is 0.350 e. The van der Waals surface area contributed by atoms with Gasteiger partial charge in [-0.3, -0.25) is 9.36 Å². The van der Waals surface area contributed by atoms with Gasteiger partial charge in [0.05, 0.1) is 23.4 Å². The zero-order chi connectivity index (χ0) is 19.2. The van der Waals surface area contributed by atoms with Crippen molar-refractivity contribution in [2.45, 2.75) is 11.7 Å². The van der Waals surface area contributed by atoms with Gasteiger partial charge in [-0.2, -0.15) is 0 Å². The summed E-state index contributed by atoms with van der Waals surface area (Å²) in [5, 5.41) is 15.5. The van der Waals surface area contributed by atoms with Crippen LogP contribution in [-0.2, 0) is 16.1 Å². The van der Waals surface area contributed by atoms with Gasteiger partial charge in [-0.15, -0.1) is 39.4 Å². The number of methoxy groups -OCH3 is 1. The Kier molecular flexibility index (Phi) is 6.43. The molecule has 3 heterocycles. The summed E-state index contributed by atoms with van der Waals surface area (Å²) in [6.07, 6.45) is 1.76. The van der Waals surface area contributed by atoms with Crippen molar-refractivity contribution >= 4 is 52.0 Å². The molecule has 1 amide bonds. The summed E-state index contributed by atoms with van der Waals surface area (Å²) < 4.78 is 6.63. The van der Waals surface area contributed by atoms with Crippen LogP contribution in [0.4, 0.5) is 5.69 Å². The molecule has 1 N–H and O–H groups in total. The van der Waals surface area contributed by atoms with Gasteiger partial charge in [-0.1, -0.05) is 23.9 Å². The minimum absolute atomic E-state index is 0.135. The average Bonchev–Trinajstić information content (AvgIpc) is 3.40. The summed E-state index contributed by atoms with van der Waals surface area (Å²) in [5.41, 5.74) is 0.448. The molecule has 0 aliphatic carbocycles. The first kappa shape index (κ1) is 19.3. The summed E-state index contributed by atoms with van der Waals surface area (Å²) in [5.74, 6) is 0.170. The molecule has 0 fully saturated rings. The maximum Gasteiger partial charge on any atom is 0.350 e. The highest BCUT2D eigenvalue weighted by Crippen LogP contribution is 2.28. The molecule has 27 heavy (non-hydrogen) atoms. The molecule has 3 aromatic heterocycles. The number of hydrogen-bond acceptors (Lipinski definition) is 8. The standard InChI is InChI=1S/C17H16N4O3S3/c1-3-7-21-15(12-5-4-8-25-12)19-20-17(21)27-10-13(22)18-11-6-9-26-14(11)16(23)24-2/h3-6,8-9H,1,7,10H2,2H3,(H,18,22). The van der Waals surface area contributed by atoms with E-state index in [1.165, 1.54) is 30.2 Å². The molecule has 0 saturated heterocycles. The number of carbonyl (C=O) groups is 2. The van der Waals surface area contributed by atoms with Crippen LogP contribution < -0.4 is 5.32 Å². The Bertz CT molecular complexity index is 947. The maximum atomic E-state index is 12.3. The summed E-state index contributed by atoms with van der Waals surface area (Å²) >= 11 is 4.07. The Morgan fingerprint density at radius 2 is 2.19 bits per heavy atom. The number of nitrogens with zero attached hydrogens (tertiary/aromatic N) is 3. The Morgan fingerprint density at radius 1 is 1.33 bits per heavy atom. The largest absolute Gasteiger partial charge is 0.465 e. The van der Waals surface area contributed by atoms with Gasteiger partial charge in [0.1, 0.15) is 4.88 Å². The van der Waals surface area contributed by atoms with E-state index in [2.05, 4.69) is 22.1 Å². The third-order valence-electron chi connectivity index (χ3n) is 3.41. The second-order valence-electron chi connectivity index (χ2n) is 5.17. The number of aromatic nitrogens is 3. The Labute approximate surface area is 168 Å². The van der Waals surface area contributed by atoms with Crippen LogP contribution >= 0.6 is 34.4 Å². The van der Waals surface area contributed by atoms with Gasteiger partial charge < -0.3 is 10.1 Å². The van der Waals surface area contributed by atoms with Crippen LogP contribution in [0, 0.1) is 0 Å². The van der Waals surface area contributed by atoms with Crippen LogP contribution in [0.25, 0.3) is 10.7 Å². The predicted octanol–water partition coefficient (Wildman–Crippen LogP) is 3.77. The molecule has 0 saturated carbocycles. The fourth-order valence-corrected chi connectivity index (χ4v) is 4.48. The molecule has 0 aliphatic heterocycles. The Hall–Kier alpha value is -2.43. The molecule has 140 valence electrons. The number of allylic oxidation sites excluding steroid dienone is 1. The van der Waals surface area contributed by atoms with E-state index < -0.39 is 5.97 Å². The number of anilines is 1. The molecule has 0 aliphatic rings. The second-order valence-corrected chi connectivity index (χ2v) is 7.98. The van der Waals surface area contributed by atoms with Crippen molar-refractivity contribution in [3.8, 4) is 10.7 Å². The number of nitrogens with one attached hydrogen (secondary N) is 1. The van der Waals surface area contributed by atoms with Crippen LogP contribution in [0.5, 0.6) is 0 Å². The van der Waals surface area contributed by atoms with E-state index in [-0.39, 0.29) is 11.7 Å². The van der Waals surface area contributed by atoms with E-state index in [4.69, 9.17) is 4.74 Å². The predicted molar refractivity (Wildman–Crippen MR) is 109 cm³/mol. The van der Waals surface area contributed by atoms with Gasteiger partial charge >= 0.3 is 5.97 Å². The van der Waals surface area contributed by atoms with Crippen molar-refractivity contribution in [1.82, 2.24) is 14.8 Å². The monoisotopic (exact) mass is 420 g/mol. The first-order chi connectivity index (χ1) is 13.1. The van der Waals surface area contributed by atoms with E-state index in [0.717, 1.165) is 10.7 Å². The Morgan fingerprint density at radius 3 is 2.89 bits per heavy atom. The minimum Gasteiger partial charge on any atom is -0.465 e. The number of amides is 1. The molecule has 0 atom stereocenters. The van der Waals surface area contributed by atoms with Gasteiger partial charge in [-0.25, -0.2) is 4.79 Å². The van der Waals surface area contributed by atoms with Crippen molar-refractivity contribution in [3.05, 3.63) is 46.5 Å². The second kappa shape index (κ2) is 8.98. The van der Waals surface area contributed by atoms with E-state index in [1.807, 2.05) is 22.1 Å². The van der Waals surface area contributed by atoms with Crippen LogP contribution in [0.2, 0.25) is 0 Å². The molecule has 0 spiro atoms. The summed E-state index contributed by atoms with van der Waals surface area (Å²) in [4.78, 5) is 25.4. The molecule has 0 bridgehead atoms. The lowest BCUT2D eigenvalue weighted by Gasteiger charge is -2.07. The highest BCUT2D eigenvalue weighted by molar-refractivity contribution is 7.99. The third kappa shape index (κ3) is 4.46. The van der Waals surface area contributed by atoms with Gasteiger partial charge in [0, 0.05) is 6.54 Å². The highest BCUT2D eigenvalue weighted by atomic mass is 32.2. The molecule has 0 radical (unpaired) electrons. The fourth-order valence-electron chi connectivity index (χ4n) is 2.25. The lowest BCUT2D eigenvalue weighted by molar-refractivity contribution is -0.113. The van der Waals surface area contributed by atoms with Crippen LogP contribution in [0.1, 0.15) is 9.67 Å².